The zero-order chi connectivity index (χ0) is 16.2. The standard InChI is InChI=1S/C16H31N3O2/c1-12(2)8-19-9-13(7-14(19)20)15(21)17-10-16(3,4)11-18(5)6/h12-13H,7-11H2,1-6H3,(H,17,21)/t13-/m1/s1. The highest BCUT2D eigenvalue weighted by Gasteiger charge is 2.34. The van der Waals surface area contributed by atoms with Gasteiger partial charge in [-0.25, -0.2) is 0 Å². The summed E-state index contributed by atoms with van der Waals surface area (Å²) >= 11 is 0. The first-order valence-corrected chi connectivity index (χ1v) is 7.81. The highest BCUT2D eigenvalue weighted by Crippen LogP contribution is 2.20. The van der Waals surface area contributed by atoms with E-state index in [4.69, 9.17) is 0 Å². The third kappa shape index (κ3) is 6.04. The summed E-state index contributed by atoms with van der Waals surface area (Å²) in [6, 6.07) is 0. The van der Waals surface area contributed by atoms with E-state index in [1.54, 1.807) is 0 Å². The summed E-state index contributed by atoms with van der Waals surface area (Å²) in [5.41, 5.74) is 0.0272. The Balaban J connectivity index is 2.45. The third-order valence-electron chi connectivity index (χ3n) is 3.66. The highest BCUT2D eigenvalue weighted by atomic mass is 16.2. The second-order valence-corrected chi connectivity index (χ2v) is 7.71. The van der Waals surface area contributed by atoms with E-state index < -0.39 is 0 Å². The van der Waals surface area contributed by atoms with E-state index in [1.165, 1.54) is 0 Å². The van der Waals surface area contributed by atoms with E-state index in [1.807, 2.05) is 19.0 Å². The molecule has 1 aliphatic rings. The van der Waals surface area contributed by atoms with E-state index in [2.05, 4.69) is 37.9 Å². The van der Waals surface area contributed by atoms with Crippen molar-refractivity contribution in [3.8, 4) is 0 Å². The quantitative estimate of drug-likeness (QED) is 0.768. The average molecular weight is 297 g/mol. The summed E-state index contributed by atoms with van der Waals surface area (Å²) < 4.78 is 0. The van der Waals surface area contributed by atoms with Crippen molar-refractivity contribution in [2.45, 2.75) is 34.1 Å². The van der Waals surface area contributed by atoms with E-state index in [9.17, 15) is 9.59 Å². The van der Waals surface area contributed by atoms with Crippen LogP contribution in [-0.2, 0) is 9.59 Å². The summed E-state index contributed by atoms with van der Waals surface area (Å²) in [4.78, 5) is 28.1. The Hall–Kier alpha value is -1.10. The number of carbonyl (C=O) groups excluding carboxylic acids is 2. The van der Waals surface area contributed by atoms with Gasteiger partial charge in [-0.15, -0.1) is 0 Å². The van der Waals surface area contributed by atoms with Crippen molar-refractivity contribution in [2.75, 3.05) is 40.3 Å². The van der Waals surface area contributed by atoms with Crippen LogP contribution in [0.2, 0.25) is 0 Å². The zero-order valence-electron chi connectivity index (χ0n) is 14.4. The van der Waals surface area contributed by atoms with Gasteiger partial charge in [0, 0.05) is 32.6 Å². The summed E-state index contributed by atoms with van der Waals surface area (Å²) in [6.45, 7) is 11.3. The number of likely N-dealkylation sites (tertiary alicyclic amines) is 1. The van der Waals surface area contributed by atoms with Gasteiger partial charge in [-0.3, -0.25) is 9.59 Å². The van der Waals surface area contributed by atoms with Crippen LogP contribution in [0.15, 0.2) is 0 Å². The van der Waals surface area contributed by atoms with Crippen molar-refractivity contribution in [2.24, 2.45) is 17.3 Å². The average Bonchev–Trinajstić information content (AvgIpc) is 2.65. The molecule has 5 heteroatoms. The molecule has 0 spiro atoms. The summed E-state index contributed by atoms with van der Waals surface area (Å²) in [5.74, 6) is 0.374. The van der Waals surface area contributed by atoms with Crippen molar-refractivity contribution >= 4 is 11.8 Å². The van der Waals surface area contributed by atoms with Crippen LogP contribution in [0.5, 0.6) is 0 Å². The molecule has 0 aromatic carbocycles. The van der Waals surface area contributed by atoms with E-state index in [-0.39, 0.29) is 23.1 Å². The van der Waals surface area contributed by atoms with Crippen molar-refractivity contribution in [1.29, 1.82) is 0 Å². The molecule has 2 amide bonds. The first kappa shape index (κ1) is 18.0. The SMILES string of the molecule is CC(C)CN1C[C@H](C(=O)NCC(C)(C)CN(C)C)CC1=O. The Kier molecular flexibility index (Phi) is 6.20. The first-order valence-electron chi connectivity index (χ1n) is 7.81. The van der Waals surface area contributed by atoms with Gasteiger partial charge in [0.15, 0.2) is 0 Å². The van der Waals surface area contributed by atoms with Crippen molar-refractivity contribution < 1.29 is 9.59 Å². The maximum Gasteiger partial charge on any atom is 0.225 e. The lowest BCUT2D eigenvalue weighted by Gasteiger charge is -2.29. The van der Waals surface area contributed by atoms with Gasteiger partial charge in [0.05, 0.1) is 5.92 Å². The molecule has 1 aliphatic heterocycles. The number of nitrogens with zero attached hydrogens (tertiary/aromatic N) is 2. The van der Waals surface area contributed by atoms with E-state index in [0.29, 0.717) is 25.4 Å². The normalized spacial score (nSPS) is 19.7. The molecular weight excluding hydrogens is 266 g/mol. The van der Waals surface area contributed by atoms with Crippen LogP contribution in [-0.4, -0.2) is 61.9 Å². The van der Waals surface area contributed by atoms with Crippen LogP contribution < -0.4 is 5.32 Å². The maximum absolute atomic E-state index is 12.3. The van der Waals surface area contributed by atoms with Crippen LogP contribution in [0.4, 0.5) is 0 Å². The minimum Gasteiger partial charge on any atom is -0.355 e. The largest absolute Gasteiger partial charge is 0.355 e. The molecule has 1 heterocycles. The fourth-order valence-electron chi connectivity index (χ4n) is 2.95. The summed E-state index contributed by atoms with van der Waals surface area (Å²) in [5, 5.41) is 3.02. The van der Waals surface area contributed by atoms with Gasteiger partial charge < -0.3 is 15.1 Å². The maximum atomic E-state index is 12.3. The van der Waals surface area contributed by atoms with Gasteiger partial charge in [-0.2, -0.15) is 0 Å². The van der Waals surface area contributed by atoms with Gasteiger partial charge in [0.25, 0.3) is 0 Å². The molecular formula is C16H31N3O2. The molecule has 1 atom stereocenters. The molecule has 0 radical (unpaired) electrons. The summed E-state index contributed by atoms with van der Waals surface area (Å²) in [7, 11) is 4.06. The Labute approximate surface area is 129 Å². The lowest BCUT2D eigenvalue weighted by Crippen LogP contribution is -2.42. The molecule has 122 valence electrons. The predicted octanol–water partition coefficient (Wildman–Crippen LogP) is 1.19. The fourth-order valence-corrected chi connectivity index (χ4v) is 2.95. The minimum absolute atomic E-state index is 0.0152. The monoisotopic (exact) mass is 297 g/mol. The van der Waals surface area contributed by atoms with Crippen LogP contribution in [0.3, 0.4) is 0 Å². The number of rotatable bonds is 7. The van der Waals surface area contributed by atoms with Crippen molar-refractivity contribution in [3.05, 3.63) is 0 Å². The lowest BCUT2D eigenvalue weighted by molar-refractivity contribution is -0.129. The second-order valence-electron chi connectivity index (χ2n) is 7.71. The molecule has 0 unspecified atom stereocenters. The van der Waals surface area contributed by atoms with Crippen LogP contribution in [0.1, 0.15) is 34.1 Å². The Morgan fingerprint density at radius 3 is 2.57 bits per heavy atom. The molecule has 0 bridgehead atoms. The number of nitrogens with one attached hydrogen (secondary N) is 1. The smallest absolute Gasteiger partial charge is 0.225 e. The fraction of sp³-hybridized carbons (Fsp3) is 0.875. The van der Waals surface area contributed by atoms with Gasteiger partial charge in [-0.05, 0) is 25.4 Å². The molecule has 0 aliphatic carbocycles. The second kappa shape index (κ2) is 7.25. The summed E-state index contributed by atoms with van der Waals surface area (Å²) in [6.07, 6.45) is 0.354. The first-order chi connectivity index (χ1) is 9.60. The van der Waals surface area contributed by atoms with Gasteiger partial charge >= 0.3 is 0 Å². The minimum atomic E-state index is -0.189. The molecule has 0 aromatic rings. The number of hydrogen-bond acceptors (Lipinski definition) is 3. The lowest BCUT2D eigenvalue weighted by atomic mass is 9.92. The number of carbonyl (C=O) groups is 2. The number of hydrogen-bond donors (Lipinski definition) is 1. The van der Waals surface area contributed by atoms with E-state index >= 15 is 0 Å². The molecule has 1 fully saturated rings. The zero-order valence-corrected chi connectivity index (χ0v) is 14.4. The van der Waals surface area contributed by atoms with Crippen molar-refractivity contribution in [3.63, 3.8) is 0 Å². The molecule has 5 nitrogen and oxygen atoms in total. The Morgan fingerprint density at radius 2 is 2.05 bits per heavy atom. The van der Waals surface area contributed by atoms with Crippen molar-refractivity contribution in [1.82, 2.24) is 15.1 Å². The third-order valence-corrected chi connectivity index (χ3v) is 3.66. The molecule has 1 rings (SSSR count). The van der Waals surface area contributed by atoms with E-state index in [0.717, 1.165) is 13.1 Å². The molecule has 0 aromatic heterocycles. The Bertz CT molecular complexity index is 378. The van der Waals surface area contributed by atoms with Crippen LogP contribution in [0, 0.1) is 17.3 Å². The highest BCUT2D eigenvalue weighted by molar-refractivity contribution is 5.89. The van der Waals surface area contributed by atoms with Gasteiger partial charge in [-0.1, -0.05) is 27.7 Å². The molecule has 1 saturated heterocycles. The Morgan fingerprint density at radius 1 is 1.43 bits per heavy atom. The van der Waals surface area contributed by atoms with Crippen LogP contribution in [0.25, 0.3) is 0 Å². The molecule has 0 saturated carbocycles. The predicted molar refractivity (Wildman–Crippen MR) is 84.9 cm³/mol. The van der Waals surface area contributed by atoms with Gasteiger partial charge in [0.2, 0.25) is 11.8 Å². The number of amides is 2. The topological polar surface area (TPSA) is 52.7 Å². The van der Waals surface area contributed by atoms with Gasteiger partial charge in [0.1, 0.15) is 0 Å². The molecule has 21 heavy (non-hydrogen) atoms. The molecule has 1 N–H and O–H groups in total. The van der Waals surface area contributed by atoms with Crippen LogP contribution >= 0.6 is 0 Å².